The number of carbonyl (C=O) groups is 2. The molecule has 0 heterocycles. The Labute approximate surface area is 125 Å². The van der Waals surface area contributed by atoms with Gasteiger partial charge in [-0.25, -0.2) is 5.43 Å². The second kappa shape index (κ2) is 7.72. The van der Waals surface area contributed by atoms with E-state index in [0.717, 1.165) is 0 Å². The van der Waals surface area contributed by atoms with Crippen molar-refractivity contribution < 1.29 is 14.3 Å². The predicted octanol–water partition coefficient (Wildman–Crippen LogP) is 1.74. The topological polar surface area (TPSA) is 93.8 Å². The van der Waals surface area contributed by atoms with E-state index in [1.165, 1.54) is 6.07 Å². The van der Waals surface area contributed by atoms with Crippen LogP contribution in [0.1, 0.15) is 13.3 Å². The number of benzene rings is 1. The number of nitrogens with zero attached hydrogens (tertiary/aromatic N) is 1. The summed E-state index contributed by atoms with van der Waals surface area (Å²) in [6.45, 7) is 1.30. The van der Waals surface area contributed by atoms with E-state index in [0.29, 0.717) is 21.5 Å². The second-order valence-electron chi connectivity index (χ2n) is 3.89. The van der Waals surface area contributed by atoms with Crippen LogP contribution in [0.3, 0.4) is 0 Å². The summed E-state index contributed by atoms with van der Waals surface area (Å²) in [5.41, 5.74) is 7.62. The van der Waals surface area contributed by atoms with Crippen LogP contribution in [0.5, 0.6) is 5.75 Å². The third-order valence-electron chi connectivity index (χ3n) is 2.05. The minimum Gasteiger partial charge on any atom is -0.482 e. The molecule has 8 heteroatoms. The third-order valence-corrected chi connectivity index (χ3v) is 2.58. The van der Waals surface area contributed by atoms with E-state index in [4.69, 9.17) is 33.7 Å². The highest BCUT2D eigenvalue weighted by molar-refractivity contribution is 6.35. The van der Waals surface area contributed by atoms with Gasteiger partial charge >= 0.3 is 0 Å². The van der Waals surface area contributed by atoms with E-state index < -0.39 is 11.8 Å². The first-order chi connectivity index (χ1) is 9.38. The molecule has 0 unspecified atom stereocenters. The number of hydrogen-bond acceptors (Lipinski definition) is 4. The molecule has 0 aromatic heterocycles. The Hall–Kier alpha value is -1.79. The molecule has 1 rings (SSSR count). The number of amides is 2. The number of nitrogens with one attached hydrogen (secondary N) is 1. The Morgan fingerprint density at radius 1 is 1.40 bits per heavy atom. The molecule has 0 bridgehead atoms. The molecule has 6 nitrogen and oxygen atoms in total. The zero-order valence-corrected chi connectivity index (χ0v) is 12.2. The van der Waals surface area contributed by atoms with Gasteiger partial charge in [0, 0.05) is 10.7 Å². The maximum absolute atomic E-state index is 11.5. The zero-order valence-electron chi connectivity index (χ0n) is 10.7. The summed E-state index contributed by atoms with van der Waals surface area (Å²) in [5.74, 6) is -0.673. The van der Waals surface area contributed by atoms with Crippen molar-refractivity contribution in [2.45, 2.75) is 13.3 Å². The highest BCUT2D eigenvalue weighted by Crippen LogP contribution is 2.27. The standard InChI is InChI=1S/C12H13Cl2N3O3/c1-7(4-11(15)18)16-17-12(19)6-20-10-3-2-8(13)5-9(10)14/h2-3,5H,4,6H2,1H3,(H2,15,18)(H,17,19). The van der Waals surface area contributed by atoms with Crippen molar-refractivity contribution in [2.75, 3.05) is 6.61 Å². The smallest absolute Gasteiger partial charge is 0.277 e. The molecule has 0 atom stereocenters. The highest BCUT2D eigenvalue weighted by Gasteiger charge is 2.06. The third kappa shape index (κ3) is 5.90. The van der Waals surface area contributed by atoms with Crippen molar-refractivity contribution in [1.82, 2.24) is 5.43 Å². The van der Waals surface area contributed by atoms with Crippen LogP contribution in [0.15, 0.2) is 23.3 Å². The van der Waals surface area contributed by atoms with Crippen molar-refractivity contribution in [3.63, 3.8) is 0 Å². The van der Waals surface area contributed by atoms with Crippen LogP contribution in [0.2, 0.25) is 10.0 Å². The van der Waals surface area contributed by atoms with Crippen LogP contribution >= 0.6 is 23.2 Å². The molecule has 0 spiro atoms. The fourth-order valence-electron chi connectivity index (χ4n) is 1.22. The number of ether oxygens (including phenoxy) is 1. The number of hydrazone groups is 1. The van der Waals surface area contributed by atoms with Gasteiger partial charge in [-0.1, -0.05) is 23.2 Å². The van der Waals surface area contributed by atoms with Gasteiger partial charge in [-0.05, 0) is 25.1 Å². The number of carbonyl (C=O) groups excluding carboxylic acids is 2. The van der Waals surface area contributed by atoms with Crippen LogP contribution in [-0.2, 0) is 9.59 Å². The first kappa shape index (κ1) is 16.3. The van der Waals surface area contributed by atoms with E-state index in [9.17, 15) is 9.59 Å². The number of nitrogens with two attached hydrogens (primary N) is 1. The zero-order chi connectivity index (χ0) is 15.1. The molecule has 108 valence electrons. The number of rotatable bonds is 6. The highest BCUT2D eigenvalue weighted by atomic mass is 35.5. The van der Waals surface area contributed by atoms with Gasteiger partial charge in [0.25, 0.3) is 5.91 Å². The lowest BCUT2D eigenvalue weighted by Gasteiger charge is -2.07. The molecular formula is C12H13Cl2N3O3. The van der Waals surface area contributed by atoms with Crippen LogP contribution in [-0.4, -0.2) is 24.1 Å². The van der Waals surface area contributed by atoms with Gasteiger partial charge in [0.15, 0.2) is 6.61 Å². The average molecular weight is 318 g/mol. The van der Waals surface area contributed by atoms with Crippen LogP contribution in [0.25, 0.3) is 0 Å². The fourth-order valence-corrected chi connectivity index (χ4v) is 1.68. The molecule has 0 fully saturated rings. The van der Waals surface area contributed by atoms with Crippen molar-refractivity contribution in [2.24, 2.45) is 10.8 Å². The number of halogens is 2. The maximum Gasteiger partial charge on any atom is 0.277 e. The number of hydrogen-bond donors (Lipinski definition) is 2. The van der Waals surface area contributed by atoms with E-state index in [1.807, 2.05) is 0 Å². The quantitative estimate of drug-likeness (QED) is 0.618. The molecule has 0 saturated carbocycles. The van der Waals surface area contributed by atoms with Crippen LogP contribution < -0.4 is 15.9 Å². The normalized spacial score (nSPS) is 11.1. The maximum atomic E-state index is 11.5. The largest absolute Gasteiger partial charge is 0.482 e. The molecule has 0 radical (unpaired) electrons. The van der Waals surface area contributed by atoms with Crippen molar-refractivity contribution >= 4 is 40.7 Å². The van der Waals surface area contributed by atoms with Gasteiger partial charge in [-0.3, -0.25) is 9.59 Å². The van der Waals surface area contributed by atoms with Gasteiger partial charge in [0.05, 0.1) is 11.4 Å². The van der Waals surface area contributed by atoms with E-state index in [2.05, 4.69) is 10.5 Å². The van der Waals surface area contributed by atoms with E-state index in [-0.39, 0.29) is 13.0 Å². The van der Waals surface area contributed by atoms with Crippen molar-refractivity contribution in [3.8, 4) is 5.75 Å². The van der Waals surface area contributed by atoms with Gasteiger partial charge in [0.1, 0.15) is 5.75 Å². The summed E-state index contributed by atoms with van der Waals surface area (Å²) in [7, 11) is 0. The lowest BCUT2D eigenvalue weighted by Crippen LogP contribution is -2.26. The lowest BCUT2D eigenvalue weighted by atomic mass is 10.3. The summed E-state index contributed by atoms with van der Waals surface area (Å²) in [6.07, 6.45) is -0.0237. The van der Waals surface area contributed by atoms with Crippen LogP contribution in [0, 0.1) is 0 Å². The Bertz CT molecular complexity index is 547. The van der Waals surface area contributed by atoms with Gasteiger partial charge in [0.2, 0.25) is 5.91 Å². The first-order valence-corrected chi connectivity index (χ1v) is 6.32. The Morgan fingerprint density at radius 2 is 2.10 bits per heavy atom. The van der Waals surface area contributed by atoms with E-state index in [1.54, 1.807) is 19.1 Å². The lowest BCUT2D eigenvalue weighted by molar-refractivity contribution is -0.123. The SMILES string of the molecule is CC(CC(N)=O)=NNC(=O)COc1ccc(Cl)cc1Cl. The molecule has 20 heavy (non-hydrogen) atoms. The van der Waals surface area contributed by atoms with Crippen molar-refractivity contribution in [1.29, 1.82) is 0 Å². The summed E-state index contributed by atoms with van der Waals surface area (Å²) in [5, 5.41) is 4.47. The van der Waals surface area contributed by atoms with Gasteiger partial charge < -0.3 is 10.5 Å². The molecule has 3 N–H and O–H groups in total. The van der Waals surface area contributed by atoms with Crippen molar-refractivity contribution in [3.05, 3.63) is 28.2 Å². The predicted molar refractivity (Wildman–Crippen MR) is 77.0 cm³/mol. The summed E-state index contributed by atoms with van der Waals surface area (Å²) in [4.78, 5) is 22.1. The molecule has 2 amide bonds. The minimum absolute atomic E-state index is 0.0237. The summed E-state index contributed by atoms with van der Waals surface area (Å²) >= 11 is 11.6. The fraction of sp³-hybridized carbons (Fsp3) is 0.250. The monoisotopic (exact) mass is 317 g/mol. The molecule has 0 saturated heterocycles. The summed E-state index contributed by atoms with van der Waals surface area (Å²) < 4.78 is 5.20. The Kier molecular flexibility index (Phi) is 6.27. The van der Waals surface area contributed by atoms with Crippen LogP contribution in [0.4, 0.5) is 0 Å². The summed E-state index contributed by atoms with van der Waals surface area (Å²) in [6, 6.07) is 4.65. The molecule has 1 aromatic carbocycles. The van der Waals surface area contributed by atoms with E-state index >= 15 is 0 Å². The molecule has 1 aromatic rings. The molecule has 0 aliphatic heterocycles. The first-order valence-electron chi connectivity index (χ1n) is 5.56. The Balaban J connectivity index is 2.45. The second-order valence-corrected chi connectivity index (χ2v) is 4.73. The van der Waals surface area contributed by atoms with Gasteiger partial charge in [-0.2, -0.15) is 5.10 Å². The number of primary amides is 1. The molecular weight excluding hydrogens is 305 g/mol. The molecule has 0 aliphatic carbocycles. The average Bonchev–Trinajstić information content (AvgIpc) is 2.34. The van der Waals surface area contributed by atoms with Gasteiger partial charge in [-0.15, -0.1) is 0 Å². The minimum atomic E-state index is -0.523. The Morgan fingerprint density at radius 3 is 2.70 bits per heavy atom. The molecule has 0 aliphatic rings.